The van der Waals surface area contributed by atoms with Crippen molar-refractivity contribution in [2.45, 2.75) is 25.5 Å². The molecule has 0 saturated carbocycles. The van der Waals surface area contributed by atoms with Gasteiger partial charge >= 0.3 is 6.09 Å². The maximum Gasteiger partial charge on any atom is 0.407 e. The first-order valence-electron chi connectivity index (χ1n) is 8.45. The minimum absolute atomic E-state index is 0.139. The lowest BCUT2D eigenvalue weighted by molar-refractivity contribution is 0.123. The number of aromatic hydroxyl groups is 1. The molecule has 5 nitrogen and oxygen atoms in total. The van der Waals surface area contributed by atoms with Gasteiger partial charge in [0.1, 0.15) is 17.7 Å². The van der Waals surface area contributed by atoms with E-state index in [1.807, 2.05) is 0 Å². The Bertz CT molecular complexity index is 915. The lowest BCUT2D eigenvalue weighted by Gasteiger charge is -2.34. The van der Waals surface area contributed by atoms with Gasteiger partial charge in [-0.15, -0.1) is 0 Å². The fourth-order valence-corrected chi connectivity index (χ4v) is 3.54. The first kappa shape index (κ1) is 19.2. The Morgan fingerprint density at radius 1 is 1.37 bits per heavy atom. The van der Waals surface area contributed by atoms with Crippen LogP contribution in [0.3, 0.4) is 0 Å². The zero-order valence-electron chi connectivity index (χ0n) is 14.6. The van der Waals surface area contributed by atoms with Gasteiger partial charge in [-0.05, 0) is 31.0 Å². The van der Waals surface area contributed by atoms with Crippen molar-refractivity contribution >= 4 is 23.8 Å². The van der Waals surface area contributed by atoms with Crippen LogP contribution >= 0.6 is 11.6 Å². The van der Waals surface area contributed by atoms with Crippen molar-refractivity contribution in [2.75, 3.05) is 6.54 Å². The van der Waals surface area contributed by atoms with Crippen molar-refractivity contribution in [1.29, 1.82) is 0 Å². The summed E-state index contributed by atoms with van der Waals surface area (Å²) in [6, 6.07) is 7.04. The number of amides is 1. The van der Waals surface area contributed by atoms with E-state index in [-0.39, 0.29) is 21.9 Å². The molecule has 1 heterocycles. The van der Waals surface area contributed by atoms with Gasteiger partial charge in [-0.1, -0.05) is 42.0 Å². The average Bonchev–Trinajstić information content (AvgIpc) is 2.60. The van der Waals surface area contributed by atoms with Crippen LogP contribution in [0.2, 0.25) is 5.02 Å². The van der Waals surface area contributed by atoms with Gasteiger partial charge in [0.15, 0.2) is 0 Å². The van der Waals surface area contributed by atoms with Gasteiger partial charge in [0, 0.05) is 28.3 Å². The van der Waals surface area contributed by atoms with Crippen LogP contribution in [0.25, 0.3) is 6.08 Å². The van der Waals surface area contributed by atoms with Gasteiger partial charge in [-0.25, -0.2) is 9.18 Å². The molecule has 1 amide bonds. The number of rotatable bonds is 3. The van der Waals surface area contributed by atoms with Crippen LogP contribution in [0.15, 0.2) is 36.4 Å². The maximum absolute atomic E-state index is 13.8. The molecular formula is C20H19ClFNO4. The van der Waals surface area contributed by atoms with E-state index in [1.54, 1.807) is 19.1 Å². The molecule has 2 atom stereocenters. The van der Waals surface area contributed by atoms with E-state index in [2.05, 4.69) is 0 Å². The minimum atomic E-state index is -1.18. The van der Waals surface area contributed by atoms with Gasteiger partial charge in [0.05, 0.1) is 6.04 Å². The van der Waals surface area contributed by atoms with Gasteiger partial charge < -0.3 is 20.2 Å². The number of phenols is 1. The molecule has 3 N–H and O–H groups in total. The number of hydrogen-bond acceptors (Lipinski definition) is 3. The van der Waals surface area contributed by atoms with Crippen LogP contribution in [0.4, 0.5) is 9.18 Å². The summed E-state index contributed by atoms with van der Waals surface area (Å²) in [6.07, 6.45) is 1.01. The Morgan fingerprint density at radius 3 is 2.78 bits per heavy atom. The Morgan fingerprint density at radius 2 is 2.11 bits per heavy atom. The summed E-state index contributed by atoms with van der Waals surface area (Å²) in [7, 11) is 0. The SMILES string of the molecule is CC1c2c(ccc(C(O)/C=C/c3ccc(Cl)cc3F)c2O)CCN1C(=O)O. The summed E-state index contributed by atoms with van der Waals surface area (Å²) in [5.74, 6) is -0.661. The normalized spacial score (nSPS) is 17.8. The summed E-state index contributed by atoms with van der Waals surface area (Å²) < 4.78 is 13.8. The van der Waals surface area contributed by atoms with Crippen molar-refractivity contribution in [3.8, 4) is 5.75 Å². The Kier molecular flexibility index (Phi) is 5.39. The minimum Gasteiger partial charge on any atom is -0.507 e. The second-order valence-electron chi connectivity index (χ2n) is 6.45. The van der Waals surface area contributed by atoms with E-state index in [4.69, 9.17) is 11.6 Å². The molecule has 142 valence electrons. The van der Waals surface area contributed by atoms with Crippen LogP contribution in [-0.4, -0.2) is 32.9 Å². The second-order valence-corrected chi connectivity index (χ2v) is 6.88. The van der Waals surface area contributed by atoms with Crippen molar-refractivity contribution in [2.24, 2.45) is 0 Å². The number of carbonyl (C=O) groups is 1. The molecule has 0 fully saturated rings. The van der Waals surface area contributed by atoms with E-state index in [9.17, 15) is 24.5 Å². The lowest BCUT2D eigenvalue weighted by Crippen LogP contribution is -2.38. The molecule has 2 aromatic rings. The molecule has 3 rings (SSSR count). The molecule has 0 spiro atoms. The van der Waals surface area contributed by atoms with E-state index < -0.39 is 24.1 Å². The summed E-state index contributed by atoms with van der Waals surface area (Å²) in [5.41, 5.74) is 1.83. The summed E-state index contributed by atoms with van der Waals surface area (Å²) in [5, 5.41) is 30.7. The largest absolute Gasteiger partial charge is 0.507 e. The average molecular weight is 392 g/mol. The molecule has 27 heavy (non-hydrogen) atoms. The quantitative estimate of drug-likeness (QED) is 0.718. The number of nitrogens with zero attached hydrogens (tertiary/aromatic N) is 1. The van der Waals surface area contributed by atoms with Crippen molar-refractivity contribution in [3.05, 3.63) is 69.5 Å². The molecule has 0 aromatic heterocycles. The van der Waals surface area contributed by atoms with Crippen LogP contribution in [0.5, 0.6) is 5.75 Å². The van der Waals surface area contributed by atoms with Crippen LogP contribution in [-0.2, 0) is 6.42 Å². The first-order valence-corrected chi connectivity index (χ1v) is 8.83. The second kappa shape index (κ2) is 7.58. The third-order valence-electron chi connectivity index (χ3n) is 4.83. The van der Waals surface area contributed by atoms with Crippen molar-refractivity contribution in [3.63, 3.8) is 0 Å². The number of benzene rings is 2. The third-order valence-corrected chi connectivity index (χ3v) is 5.07. The molecule has 0 radical (unpaired) electrons. The maximum atomic E-state index is 13.8. The Balaban J connectivity index is 1.91. The highest BCUT2D eigenvalue weighted by molar-refractivity contribution is 6.30. The number of hydrogen-bond donors (Lipinski definition) is 3. The molecule has 1 aliphatic heterocycles. The molecule has 0 saturated heterocycles. The highest BCUT2D eigenvalue weighted by Crippen LogP contribution is 2.40. The monoisotopic (exact) mass is 391 g/mol. The number of halogens is 2. The van der Waals surface area contributed by atoms with Gasteiger partial charge in [0.2, 0.25) is 0 Å². The summed E-state index contributed by atoms with van der Waals surface area (Å²) in [4.78, 5) is 12.6. The van der Waals surface area contributed by atoms with E-state index in [0.29, 0.717) is 18.5 Å². The fourth-order valence-electron chi connectivity index (χ4n) is 3.38. The zero-order chi connectivity index (χ0) is 19.7. The Hall–Kier alpha value is -2.57. The van der Waals surface area contributed by atoms with Crippen molar-refractivity contribution in [1.82, 2.24) is 4.90 Å². The topological polar surface area (TPSA) is 81.0 Å². The molecule has 2 unspecified atom stereocenters. The Labute approximate surface area is 160 Å². The number of fused-ring (bicyclic) bond motifs is 1. The van der Waals surface area contributed by atoms with Crippen molar-refractivity contribution < 1.29 is 24.5 Å². The summed E-state index contributed by atoms with van der Waals surface area (Å²) in [6.45, 7) is 2.04. The predicted octanol–water partition coefficient (Wildman–Crippen LogP) is 4.53. The van der Waals surface area contributed by atoms with Crippen LogP contribution in [0.1, 0.15) is 41.3 Å². The highest BCUT2D eigenvalue weighted by Gasteiger charge is 2.31. The smallest absolute Gasteiger partial charge is 0.407 e. The highest BCUT2D eigenvalue weighted by atomic mass is 35.5. The fraction of sp³-hybridized carbons (Fsp3) is 0.250. The molecule has 0 aliphatic carbocycles. The predicted molar refractivity (Wildman–Crippen MR) is 100 cm³/mol. The molecular weight excluding hydrogens is 373 g/mol. The van der Waals surface area contributed by atoms with E-state index in [1.165, 1.54) is 35.3 Å². The number of phenolic OH excluding ortho intramolecular Hbond substituents is 1. The number of aliphatic hydroxyl groups is 1. The summed E-state index contributed by atoms with van der Waals surface area (Å²) >= 11 is 5.72. The van der Waals surface area contributed by atoms with Gasteiger partial charge in [-0.2, -0.15) is 0 Å². The number of aliphatic hydroxyl groups excluding tert-OH is 1. The molecule has 1 aliphatic rings. The zero-order valence-corrected chi connectivity index (χ0v) is 15.3. The standard InChI is InChI=1S/C20H19ClFNO4/c1-11-18-13(8-9-23(11)20(26)27)3-6-15(19(18)25)17(24)7-4-12-2-5-14(21)10-16(12)22/h2-7,10-11,17,24-25H,8-9H2,1H3,(H,26,27)/b7-4+. The van der Waals surface area contributed by atoms with E-state index in [0.717, 1.165) is 5.56 Å². The molecule has 7 heteroatoms. The molecule has 0 bridgehead atoms. The van der Waals surface area contributed by atoms with Gasteiger partial charge in [-0.3, -0.25) is 0 Å². The van der Waals surface area contributed by atoms with Gasteiger partial charge in [0.25, 0.3) is 0 Å². The van der Waals surface area contributed by atoms with Crippen LogP contribution < -0.4 is 0 Å². The third kappa shape index (κ3) is 3.77. The first-order chi connectivity index (χ1) is 12.8. The van der Waals surface area contributed by atoms with Crippen LogP contribution in [0, 0.1) is 5.82 Å². The lowest BCUT2D eigenvalue weighted by atomic mass is 9.89. The number of carboxylic acid groups (broad SMARTS) is 1. The molecule has 2 aromatic carbocycles. The van der Waals surface area contributed by atoms with E-state index >= 15 is 0 Å².